The highest BCUT2D eigenvalue weighted by molar-refractivity contribution is 6.33. The summed E-state index contributed by atoms with van der Waals surface area (Å²) in [4.78, 5) is 16.1. The number of hydrogen-bond acceptors (Lipinski definition) is 3. The molecule has 1 aromatic heterocycles. The molecule has 1 heterocycles. The van der Waals surface area contributed by atoms with Crippen LogP contribution in [-0.4, -0.2) is 10.9 Å². The molecule has 0 bridgehead atoms. The molecule has 104 valence electrons. The van der Waals surface area contributed by atoms with Gasteiger partial charge in [0.2, 0.25) is 0 Å². The molecule has 1 aromatic carbocycles. The molecule has 2 rings (SSSR count). The molecule has 4 nitrogen and oxygen atoms in total. The molecule has 2 aromatic rings. The molecule has 0 saturated carbocycles. The third kappa shape index (κ3) is 3.27. The number of carbonyl (C=O) groups is 1. The fraction of sp³-hybridized carbons (Fsp3) is 0.200. The Balaban J connectivity index is 2.15. The number of aryl methyl sites for hydroxylation is 1. The Hall–Kier alpha value is -2.07. The van der Waals surface area contributed by atoms with Gasteiger partial charge in [-0.15, -0.1) is 0 Å². The topological polar surface area (TPSA) is 68.0 Å². The highest BCUT2D eigenvalue weighted by Gasteiger charge is 2.16. The molecular weight excluding hydrogens is 274 g/mol. The number of nitrogen functional groups attached to an aromatic ring is 1. The number of nitrogens with one attached hydrogen (secondary N) is 1. The summed E-state index contributed by atoms with van der Waals surface area (Å²) in [5, 5.41) is 3.14. The first-order valence-electron chi connectivity index (χ1n) is 6.27. The highest BCUT2D eigenvalue weighted by atomic mass is 35.5. The van der Waals surface area contributed by atoms with Crippen molar-refractivity contribution in [3.8, 4) is 0 Å². The van der Waals surface area contributed by atoms with Gasteiger partial charge in [0.1, 0.15) is 11.5 Å². The molecule has 1 unspecified atom stereocenters. The highest BCUT2D eigenvalue weighted by Crippen LogP contribution is 2.18. The molecule has 1 amide bonds. The summed E-state index contributed by atoms with van der Waals surface area (Å²) in [6, 6.07) is 11.0. The van der Waals surface area contributed by atoms with E-state index in [0.717, 1.165) is 5.56 Å². The van der Waals surface area contributed by atoms with Gasteiger partial charge in [-0.25, -0.2) is 4.98 Å². The molecule has 0 aliphatic heterocycles. The number of carbonyl (C=O) groups excluding carboxylic acids is 1. The van der Waals surface area contributed by atoms with Crippen molar-refractivity contribution in [2.45, 2.75) is 19.9 Å². The molecule has 0 aliphatic carbocycles. The van der Waals surface area contributed by atoms with Gasteiger partial charge in [-0.3, -0.25) is 4.79 Å². The Labute approximate surface area is 123 Å². The molecule has 3 N–H and O–H groups in total. The summed E-state index contributed by atoms with van der Waals surface area (Å²) in [5.41, 5.74) is 7.91. The van der Waals surface area contributed by atoms with Gasteiger partial charge in [0.25, 0.3) is 5.91 Å². The fourth-order valence-electron chi connectivity index (χ4n) is 1.82. The average molecular weight is 290 g/mol. The fourth-order valence-corrected chi connectivity index (χ4v) is 2.01. The Morgan fingerprint density at radius 2 is 1.90 bits per heavy atom. The summed E-state index contributed by atoms with van der Waals surface area (Å²) in [7, 11) is 0. The average Bonchev–Trinajstić information content (AvgIpc) is 2.42. The summed E-state index contributed by atoms with van der Waals surface area (Å²) in [6.45, 7) is 3.92. The van der Waals surface area contributed by atoms with Crippen LogP contribution >= 0.6 is 11.6 Å². The van der Waals surface area contributed by atoms with Crippen molar-refractivity contribution in [1.82, 2.24) is 10.3 Å². The monoisotopic (exact) mass is 289 g/mol. The van der Waals surface area contributed by atoms with Gasteiger partial charge >= 0.3 is 0 Å². The van der Waals surface area contributed by atoms with Crippen LogP contribution < -0.4 is 11.1 Å². The van der Waals surface area contributed by atoms with E-state index in [2.05, 4.69) is 10.3 Å². The van der Waals surface area contributed by atoms with Crippen molar-refractivity contribution in [1.29, 1.82) is 0 Å². The molecule has 1 atom stereocenters. The van der Waals surface area contributed by atoms with E-state index < -0.39 is 0 Å². The van der Waals surface area contributed by atoms with E-state index in [0.29, 0.717) is 0 Å². The van der Waals surface area contributed by atoms with Crippen LogP contribution in [0.4, 0.5) is 5.82 Å². The van der Waals surface area contributed by atoms with E-state index in [1.54, 1.807) is 12.1 Å². The first-order valence-corrected chi connectivity index (χ1v) is 6.64. The minimum absolute atomic E-state index is 0.137. The van der Waals surface area contributed by atoms with Crippen LogP contribution in [0.15, 0.2) is 36.4 Å². The number of rotatable bonds is 3. The first kappa shape index (κ1) is 14.3. The summed E-state index contributed by atoms with van der Waals surface area (Å²) < 4.78 is 0. The predicted molar refractivity (Wildman–Crippen MR) is 80.7 cm³/mol. The van der Waals surface area contributed by atoms with Gasteiger partial charge in [-0.1, -0.05) is 41.4 Å². The van der Waals surface area contributed by atoms with E-state index in [4.69, 9.17) is 17.3 Å². The van der Waals surface area contributed by atoms with Crippen molar-refractivity contribution < 1.29 is 4.79 Å². The van der Waals surface area contributed by atoms with E-state index in [-0.39, 0.29) is 28.5 Å². The zero-order chi connectivity index (χ0) is 14.7. The Kier molecular flexibility index (Phi) is 4.25. The van der Waals surface area contributed by atoms with Crippen molar-refractivity contribution in [3.63, 3.8) is 0 Å². The zero-order valence-corrected chi connectivity index (χ0v) is 12.1. The molecule has 0 aliphatic rings. The number of benzene rings is 1. The van der Waals surface area contributed by atoms with E-state index in [9.17, 15) is 4.79 Å². The summed E-state index contributed by atoms with van der Waals surface area (Å²) in [5.74, 6) is -0.0714. The normalized spacial score (nSPS) is 11.9. The number of pyridine rings is 1. The van der Waals surface area contributed by atoms with Gasteiger partial charge < -0.3 is 11.1 Å². The van der Waals surface area contributed by atoms with Crippen LogP contribution in [0, 0.1) is 6.92 Å². The maximum absolute atomic E-state index is 12.2. The van der Waals surface area contributed by atoms with Crippen LogP contribution in [0.2, 0.25) is 5.02 Å². The number of nitrogens with two attached hydrogens (primary N) is 1. The van der Waals surface area contributed by atoms with E-state index in [1.165, 1.54) is 5.56 Å². The zero-order valence-electron chi connectivity index (χ0n) is 11.4. The quantitative estimate of drug-likeness (QED) is 0.912. The molecule has 20 heavy (non-hydrogen) atoms. The minimum Gasteiger partial charge on any atom is -0.384 e. The Bertz CT molecular complexity index is 626. The van der Waals surface area contributed by atoms with Crippen LogP contribution in [0.1, 0.15) is 34.6 Å². The van der Waals surface area contributed by atoms with E-state index in [1.807, 2.05) is 38.1 Å². The molecule has 0 fully saturated rings. The lowest BCUT2D eigenvalue weighted by molar-refractivity contribution is 0.0935. The largest absolute Gasteiger partial charge is 0.384 e. The van der Waals surface area contributed by atoms with Crippen molar-refractivity contribution in [2.75, 3.05) is 5.73 Å². The Morgan fingerprint density at radius 1 is 1.25 bits per heavy atom. The summed E-state index contributed by atoms with van der Waals surface area (Å²) in [6.07, 6.45) is 0. The van der Waals surface area contributed by atoms with Crippen molar-refractivity contribution in [2.24, 2.45) is 0 Å². The smallest absolute Gasteiger partial charge is 0.271 e. The molecule has 5 heteroatoms. The number of amides is 1. The predicted octanol–water partition coefficient (Wildman–Crippen LogP) is 3.12. The SMILES string of the molecule is Cc1ccc(C(C)NC(=O)c2nc(N)ccc2Cl)cc1. The van der Waals surface area contributed by atoms with E-state index >= 15 is 0 Å². The number of aromatic nitrogens is 1. The van der Waals surface area contributed by atoms with Crippen molar-refractivity contribution in [3.05, 3.63) is 58.2 Å². The number of anilines is 1. The molecule has 0 radical (unpaired) electrons. The maximum Gasteiger partial charge on any atom is 0.271 e. The molecular formula is C15H16ClN3O. The molecule has 0 spiro atoms. The number of halogens is 1. The third-order valence-electron chi connectivity index (χ3n) is 3.01. The van der Waals surface area contributed by atoms with Crippen LogP contribution in [0.25, 0.3) is 0 Å². The maximum atomic E-state index is 12.2. The van der Waals surface area contributed by atoms with Gasteiger partial charge in [0.15, 0.2) is 0 Å². The second kappa shape index (κ2) is 5.92. The lowest BCUT2D eigenvalue weighted by Gasteiger charge is -2.15. The minimum atomic E-state index is -0.338. The third-order valence-corrected chi connectivity index (χ3v) is 3.31. The van der Waals surface area contributed by atoms with Gasteiger partial charge in [0.05, 0.1) is 11.1 Å². The standard InChI is InChI=1S/C15H16ClN3O/c1-9-3-5-11(6-4-9)10(2)18-15(20)14-12(16)7-8-13(17)19-14/h3-8,10H,1-2H3,(H2,17,19)(H,18,20). The second-order valence-electron chi connectivity index (χ2n) is 4.67. The summed E-state index contributed by atoms with van der Waals surface area (Å²) >= 11 is 5.96. The lowest BCUT2D eigenvalue weighted by atomic mass is 10.1. The van der Waals surface area contributed by atoms with Crippen LogP contribution in [0.5, 0.6) is 0 Å². The first-order chi connectivity index (χ1) is 9.47. The Morgan fingerprint density at radius 3 is 2.55 bits per heavy atom. The van der Waals surface area contributed by atoms with Crippen LogP contribution in [-0.2, 0) is 0 Å². The van der Waals surface area contributed by atoms with Gasteiger partial charge in [0, 0.05) is 0 Å². The molecule has 0 saturated heterocycles. The van der Waals surface area contributed by atoms with Crippen LogP contribution in [0.3, 0.4) is 0 Å². The number of hydrogen-bond donors (Lipinski definition) is 2. The van der Waals surface area contributed by atoms with Crippen molar-refractivity contribution >= 4 is 23.3 Å². The number of nitrogens with zero attached hydrogens (tertiary/aromatic N) is 1. The van der Waals surface area contributed by atoms with Gasteiger partial charge in [-0.05, 0) is 31.5 Å². The lowest BCUT2D eigenvalue weighted by Crippen LogP contribution is -2.27. The van der Waals surface area contributed by atoms with Gasteiger partial charge in [-0.2, -0.15) is 0 Å². The second-order valence-corrected chi connectivity index (χ2v) is 5.08.